The van der Waals surface area contributed by atoms with Gasteiger partial charge in [-0.1, -0.05) is 72.8 Å². The first kappa shape index (κ1) is 26.2. The van der Waals surface area contributed by atoms with Gasteiger partial charge in [-0.3, -0.25) is 9.69 Å². The van der Waals surface area contributed by atoms with Crippen molar-refractivity contribution < 1.29 is 14.3 Å². The normalized spacial score (nSPS) is 15.8. The van der Waals surface area contributed by atoms with Crippen LogP contribution in [0.3, 0.4) is 0 Å². The summed E-state index contributed by atoms with van der Waals surface area (Å²) in [5.41, 5.74) is 4.11. The number of benzene rings is 4. The van der Waals surface area contributed by atoms with Crippen molar-refractivity contribution in [3.8, 4) is 11.5 Å². The number of rotatable bonds is 10. The molecule has 0 radical (unpaired) electrons. The van der Waals surface area contributed by atoms with Crippen LogP contribution in [0, 0.1) is 0 Å². The zero-order valence-corrected chi connectivity index (χ0v) is 22.3. The Hall–Kier alpha value is -4.42. The van der Waals surface area contributed by atoms with Gasteiger partial charge in [0.05, 0.1) is 12.8 Å². The Kier molecular flexibility index (Phi) is 8.34. The maximum absolute atomic E-state index is 13.0. The van der Waals surface area contributed by atoms with Gasteiger partial charge in [0.2, 0.25) is 0 Å². The van der Waals surface area contributed by atoms with E-state index in [1.807, 2.05) is 109 Å². The predicted molar refractivity (Wildman–Crippen MR) is 153 cm³/mol. The van der Waals surface area contributed by atoms with Crippen LogP contribution in [-0.4, -0.2) is 34.6 Å². The largest absolute Gasteiger partial charge is 0.489 e. The van der Waals surface area contributed by atoms with Gasteiger partial charge in [0.15, 0.2) is 0 Å². The van der Waals surface area contributed by atoms with Gasteiger partial charge >= 0.3 is 0 Å². The Bertz CT molecular complexity index is 1370. The number of carbonyl (C=O) groups is 1. The predicted octanol–water partition coefficient (Wildman–Crippen LogP) is 6.43. The fraction of sp³-hybridized carbons (Fsp3) is 0.212. The lowest BCUT2D eigenvalue weighted by Gasteiger charge is -2.30. The molecule has 39 heavy (non-hydrogen) atoms. The lowest BCUT2D eigenvalue weighted by atomic mass is 10.1. The van der Waals surface area contributed by atoms with Gasteiger partial charge in [0, 0.05) is 6.04 Å². The van der Waals surface area contributed by atoms with Crippen molar-refractivity contribution in [3.63, 3.8) is 0 Å². The van der Waals surface area contributed by atoms with Gasteiger partial charge < -0.3 is 9.47 Å². The smallest absolute Gasteiger partial charge is 0.258 e. The quantitative estimate of drug-likeness (QED) is 0.227. The molecule has 0 bridgehead atoms. The minimum atomic E-state index is -0.287. The Morgan fingerprint density at radius 2 is 1.28 bits per heavy atom. The van der Waals surface area contributed by atoms with Crippen LogP contribution >= 0.6 is 0 Å². The van der Waals surface area contributed by atoms with Gasteiger partial charge in [-0.05, 0) is 72.5 Å². The second-order valence-corrected chi connectivity index (χ2v) is 9.81. The van der Waals surface area contributed by atoms with E-state index < -0.39 is 0 Å². The van der Waals surface area contributed by atoms with Crippen molar-refractivity contribution in [1.82, 2.24) is 9.91 Å². The molecule has 0 aromatic heterocycles. The molecule has 1 aliphatic heterocycles. The molecule has 4 aromatic carbocycles. The van der Waals surface area contributed by atoms with E-state index in [1.165, 1.54) is 0 Å². The molecule has 6 nitrogen and oxygen atoms in total. The van der Waals surface area contributed by atoms with Crippen LogP contribution < -0.4 is 9.47 Å². The molecule has 0 N–H and O–H groups in total. The van der Waals surface area contributed by atoms with E-state index in [4.69, 9.17) is 9.47 Å². The summed E-state index contributed by atoms with van der Waals surface area (Å²) in [6.07, 6.45) is 1.44. The second-order valence-electron chi connectivity index (χ2n) is 9.81. The molecule has 0 saturated carbocycles. The van der Waals surface area contributed by atoms with Gasteiger partial charge in [-0.2, -0.15) is 5.10 Å². The van der Waals surface area contributed by atoms with Gasteiger partial charge in [0.1, 0.15) is 30.9 Å². The van der Waals surface area contributed by atoms with Gasteiger partial charge in [0.25, 0.3) is 5.91 Å². The highest BCUT2D eigenvalue weighted by Crippen LogP contribution is 2.33. The minimum absolute atomic E-state index is 0.0304. The van der Waals surface area contributed by atoms with Crippen molar-refractivity contribution in [2.75, 3.05) is 6.54 Å². The highest BCUT2D eigenvalue weighted by molar-refractivity contribution is 5.84. The molecule has 1 aliphatic rings. The standard InChI is InChI=1S/C33H33N3O3/c1-25(2)35-22-32(37)36(33(35)29-15-19-31(20-16-29)39-24-28-11-7-4-8-12-28)34-21-26-13-17-30(18-14-26)38-23-27-9-5-3-6-10-27/h3-21,25,33H,22-24H2,1-2H3/b34-21-/t33-/m0/s1. The fourth-order valence-corrected chi connectivity index (χ4v) is 4.51. The molecular formula is C33H33N3O3. The summed E-state index contributed by atoms with van der Waals surface area (Å²) >= 11 is 0. The second kappa shape index (κ2) is 12.4. The zero-order valence-electron chi connectivity index (χ0n) is 22.3. The van der Waals surface area contributed by atoms with Gasteiger partial charge in [-0.15, -0.1) is 0 Å². The van der Waals surface area contributed by atoms with Crippen LogP contribution in [0.4, 0.5) is 0 Å². The molecule has 0 aliphatic carbocycles. The molecule has 1 amide bonds. The topological polar surface area (TPSA) is 54.4 Å². The SMILES string of the molecule is CC(C)N1CC(=O)N(/N=C\c2ccc(OCc3ccccc3)cc2)[C@H]1c1ccc(OCc2ccccc2)cc1. The lowest BCUT2D eigenvalue weighted by molar-refractivity contribution is -0.128. The Balaban J connectivity index is 1.26. The summed E-state index contributed by atoms with van der Waals surface area (Å²) in [6.45, 7) is 5.53. The molecule has 6 heteroatoms. The highest BCUT2D eigenvalue weighted by Gasteiger charge is 2.40. The van der Waals surface area contributed by atoms with Crippen molar-refractivity contribution in [2.45, 2.75) is 39.3 Å². The van der Waals surface area contributed by atoms with Crippen molar-refractivity contribution in [1.29, 1.82) is 0 Å². The summed E-state index contributed by atoms with van der Waals surface area (Å²) in [5.74, 6) is 1.54. The number of hydrogen-bond donors (Lipinski definition) is 0. The van der Waals surface area contributed by atoms with E-state index >= 15 is 0 Å². The Morgan fingerprint density at radius 3 is 1.79 bits per heavy atom. The average Bonchev–Trinajstić information content (AvgIpc) is 3.32. The van der Waals surface area contributed by atoms with E-state index in [9.17, 15) is 4.79 Å². The van der Waals surface area contributed by atoms with Crippen LogP contribution in [0.15, 0.2) is 114 Å². The van der Waals surface area contributed by atoms with E-state index in [0.717, 1.165) is 33.8 Å². The van der Waals surface area contributed by atoms with E-state index in [0.29, 0.717) is 19.8 Å². The average molecular weight is 520 g/mol. The molecule has 1 fully saturated rings. The molecule has 4 aromatic rings. The van der Waals surface area contributed by atoms with Crippen LogP contribution in [0.1, 0.15) is 42.3 Å². The highest BCUT2D eigenvalue weighted by atomic mass is 16.5. The monoisotopic (exact) mass is 519 g/mol. The lowest BCUT2D eigenvalue weighted by Crippen LogP contribution is -2.33. The number of hydrazone groups is 1. The Labute approximate surface area is 230 Å². The molecule has 5 rings (SSSR count). The third-order valence-corrected chi connectivity index (χ3v) is 6.67. The molecule has 0 unspecified atom stereocenters. The first-order valence-corrected chi connectivity index (χ1v) is 13.2. The van der Waals surface area contributed by atoms with E-state index in [-0.39, 0.29) is 18.1 Å². The van der Waals surface area contributed by atoms with Crippen molar-refractivity contribution >= 4 is 12.1 Å². The summed E-state index contributed by atoms with van der Waals surface area (Å²) in [5, 5.41) is 6.21. The van der Waals surface area contributed by atoms with Crippen LogP contribution in [0.25, 0.3) is 0 Å². The minimum Gasteiger partial charge on any atom is -0.489 e. The summed E-state index contributed by atoms with van der Waals surface area (Å²) in [7, 11) is 0. The molecule has 1 atom stereocenters. The molecule has 1 heterocycles. The molecule has 1 saturated heterocycles. The number of ether oxygens (including phenoxy) is 2. The number of amides is 1. The fourth-order valence-electron chi connectivity index (χ4n) is 4.51. The summed E-state index contributed by atoms with van der Waals surface area (Å²) < 4.78 is 11.8. The van der Waals surface area contributed by atoms with Crippen LogP contribution in [-0.2, 0) is 18.0 Å². The molecule has 198 valence electrons. The van der Waals surface area contributed by atoms with Crippen LogP contribution in [0.2, 0.25) is 0 Å². The third kappa shape index (κ3) is 6.72. The third-order valence-electron chi connectivity index (χ3n) is 6.67. The van der Waals surface area contributed by atoms with Crippen LogP contribution in [0.5, 0.6) is 11.5 Å². The van der Waals surface area contributed by atoms with Crippen molar-refractivity contribution in [3.05, 3.63) is 131 Å². The number of nitrogens with zero attached hydrogens (tertiary/aromatic N) is 3. The first-order valence-electron chi connectivity index (χ1n) is 13.2. The van der Waals surface area contributed by atoms with Crippen molar-refractivity contribution in [2.24, 2.45) is 5.10 Å². The summed E-state index contributed by atoms with van der Waals surface area (Å²) in [6, 6.07) is 36.0. The maximum Gasteiger partial charge on any atom is 0.258 e. The first-order chi connectivity index (χ1) is 19.1. The van der Waals surface area contributed by atoms with E-state index in [1.54, 1.807) is 11.2 Å². The summed E-state index contributed by atoms with van der Waals surface area (Å²) in [4.78, 5) is 15.2. The Morgan fingerprint density at radius 1 is 0.769 bits per heavy atom. The molecule has 0 spiro atoms. The van der Waals surface area contributed by atoms with E-state index in [2.05, 4.69) is 23.8 Å². The van der Waals surface area contributed by atoms with Gasteiger partial charge in [-0.25, -0.2) is 5.01 Å². The maximum atomic E-state index is 13.0. The molecular weight excluding hydrogens is 486 g/mol. The number of hydrogen-bond acceptors (Lipinski definition) is 5. The zero-order chi connectivity index (χ0) is 27.0. The number of carbonyl (C=O) groups excluding carboxylic acids is 1.